The lowest BCUT2D eigenvalue weighted by Crippen LogP contribution is -2.43. The van der Waals surface area contributed by atoms with Crippen molar-refractivity contribution >= 4 is 18.1 Å². The Labute approximate surface area is 144 Å². The van der Waals surface area contributed by atoms with Crippen LogP contribution < -0.4 is 5.32 Å². The summed E-state index contributed by atoms with van der Waals surface area (Å²) in [6, 6.07) is 5.51. The predicted octanol–water partition coefficient (Wildman–Crippen LogP) is 2.23. The van der Waals surface area contributed by atoms with Crippen molar-refractivity contribution in [1.82, 2.24) is 20.1 Å². The second-order valence-corrected chi connectivity index (χ2v) is 6.38. The molecule has 0 fully saturated rings. The molecular formula is C16H21FN4O2S. The second-order valence-electron chi connectivity index (χ2n) is 6.00. The fourth-order valence-electron chi connectivity index (χ4n) is 2.43. The normalized spacial score (nSPS) is 13.8. The maximum Gasteiger partial charge on any atom is 0.256 e. The number of nitrogens with zero attached hydrogens (tertiary/aromatic N) is 2. The van der Waals surface area contributed by atoms with Crippen molar-refractivity contribution in [2.45, 2.75) is 38.8 Å². The molecule has 0 saturated heterocycles. The molecule has 2 rings (SSSR count). The minimum Gasteiger partial charge on any atom is -0.376 e. The van der Waals surface area contributed by atoms with Gasteiger partial charge >= 0.3 is 0 Å². The molecule has 24 heavy (non-hydrogen) atoms. The first-order chi connectivity index (χ1) is 11.2. The van der Waals surface area contributed by atoms with E-state index >= 15 is 0 Å². The SMILES string of the molecule is CC(C)n1c(CCNC(=O)[C@](C)(O)c2cccc(F)c2)n[nH]c1=S. The summed E-state index contributed by atoms with van der Waals surface area (Å²) in [6.07, 6.45) is 0.455. The third-order valence-electron chi connectivity index (χ3n) is 3.76. The van der Waals surface area contributed by atoms with Crippen LogP contribution in [0.15, 0.2) is 24.3 Å². The molecule has 0 saturated carbocycles. The highest BCUT2D eigenvalue weighted by Gasteiger charge is 2.32. The van der Waals surface area contributed by atoms with Crippen LogP contribution in [0.4, 0.5) is 4.39 Å². The van der Waals surface area contributed by atoms with Crippen LogP contribution in [-0.4, -0.2) is 32.3 Å². The molecule has 3 N–H and O–H groups in total. The highest BCUT2D eigenvalue weighted by Crippen LogP contribution is 2.21. The van der Waals surface area contributed by atoms with Crippen molar-refractivity contribution in [2.24, 2.45) is 0 Å². The quantitative estimate of drug-likeness (QED) is 0.696. The Morgan fingerprint density at radius 3 is 2.88 bits per heavy atom. The molecular weight excluding hydrogens is 331 g/mol. The standard InChI is InChI=1S/C16H21FN4O2S/c1-10(2)21-13(19-20-15(21)24)7-8-18-14(22)16(3,23)11-5-4-6-12(17)9-11/h4-6,9-10,23H,7-8H2,1-3H3,(H,18,22)(H,20,24)/t16-/m1/s1. The topological polar surface area (TPSA) is 82.9 Å². The van der Waals surface area contributed by atoms with Crippen molar-refractivity contribution in [3.05, 3.63) is 46.2 Å². The Kier molecular flexibility index (Phi) is 5.51. The molecule has 6 nitrogen and oxygen atoms in total. The van der Waals surface area contributed by atoms with Gasteiger partial charge in [0.05, 0.1) is 0 Å². The van der Waals surface area contributed by atoms with Gasteiger partial charge in [-0.05, 0) is 50.7 Å². The minimum atomic E-state index is -1.81. The Hall–Kier alpha value is -2.06. The van der Waals surface area contributed by atoms with Crippen LogP contribution in [0, 0.1) is 10.6 Å². The molecule has 0 unspecified atom stereocenters. The number of hydrogen-bond acceptors (Lipinski definition) is 4. The molecule has 1 heterocycles. The minimum absolute atomic E-state index is 0.150. The van der Waals surface area contributed by atoms with Crippen LogP contribution >= 0.6 is 12.2 Å². The molecule has 0 spiro atoms. The third-order valence-corrected chi connectivity index (χ3v) is 4.04. The van der Waals surface area contributed by atoms with Gasteiger partial charge in [0.25, 0.3) is 5.91 Å². The van der Waals surface area contributed by atoms with E-state index in [4.69, 9.17) is 12.2 Å². The van der Waals surface area contributed by atoms with E-state index in [2.05, 4.69) is 15.5 Å². The van der Waals surface area contributed by atoms with Crippen LogP contribution in [-0.2, 0) is 16.8 Å². The zero-order chi connectivity index (χ0) is 17.9. The fraction of sp³-hybridized carbons (Fsp3) is 0.438. The second kappa shape index (κ2) is 7.23. The number of hydrogen-bond donors (Lipinski definition) is 3. The molecule has 1 atom stereocenters. The molecule has 0 bridgehead atoms. The maximum absolute atomic E-state index is 13.3. The van der Waals surface area contributed by atoms with Gasteiger partial charge in [-0.3, -0.25) is 9.89 Å². The average molecular weight is 352 g/mol. The Morgan fingerprint density at radius 2 is 2.25 bits per heavy atom. The number of aliphatic hydroxyl groups is 1. The van der Waals surface area contributed by atoms with Gasteiger partial charge in [-0.15, -0.1) is 0 Å². The summed E-state index contributed by atoms with van der Waals surface area (Å²) in [5.74, 6) is -0.382. The number of carbonyl (C=O) groups is 1. The lowest BCUT2D eigenvalue weighted by atomic mass is 9.95. The third kappa shape index (κ3) is 3.88. The van der Waals surface area contributed by atoms with Gasteiger partial charge in [-0.25, -0.2) is 4.39 Å². The van der Waals surface area contributed by atoms with Crippen molar-refractivity contribution in [1.29, 1.82) is 0 Å². The number of amides is 1. The van der Waals surface area contributed by atoms with Gasteiger partial charge in [-0.2, -0.15) is 5.10 Å². The first-order valence-electron chi connectivity index (χ1n) is 7.66. The van der Waals surface area contributed by atoms with Crippen molar-refractivity contribution in [3.63, 3.8) is 0 Å². The van der Waals surface area contributed by atoms with Crippen LogP contribution in [0.5, 0.6) is 0 Å². The molecule has 0 radical (unpaired) electrons. The van der Waals surface area contributed by atoms with E-state index in [9.17, 15) is 14.3 Å². The summed E-state index contributed by atoms with van der Waals surface area (Å²) in [7, 11) is 0. The Balaban J connectivity index is 2.02. The van der Waals surface area contributed by atoms with E-state index < -0.39 is 17.3 Å². The summed E-state index contributed by atoms with van der Waals surface area (Å²) in [5, 5.41) is 19.9. The summed E-state index contributed by atoms with van der Waals surface area (Å²) in [5.41, 5.74) is -1.62. The first-order valence-corrected chi connectivity index (χ1v) is 8.06. The molecule has 1 aromatic carbocycles. The highest BCUT2D eigenvalue weighted by molar-refractivity contribution is 7.71. The van der Waals surface area contributed by atoms with Gasteiger partial charge in [0.15, 0.2) is 10.4 Å². The fourth-order valence-corrected chi connectivity index (χ4v) is 2.79. The number of H-pyrrole nitrogens is 1. The number of benzene rings is 1. The van der Waals surface area contributed by atoms with E-state index in [-0.39, 0.29) is 18.2 Å². The van der Waals surface area contributed by atoms with Gasteiger partial charge in [0.2, 0.25) is 0 Å². The van der Waals surface area contributed by atoms with Crippen LogP contribution in [0.2, 0.25) is 0 Å². The van der Waals surface area contributed by atoms with Gasteiger partial charge < -0.3 is 15.0 Å². The molecule has 0 aliphatic heterocycles. The van der Waals surface area contributed by atoms with Crippen LogP contribution in [0.1, 0.15) is 38.2 Å². The summed E-state index contributed by atoms with van der Waals surface area (Å²) < 4.78 is 15.7. The highest BCUT2D eigenvalue weighted by atomic mass is 32.1. The summed E-state index contributed by atoms with van der Waals surface area (Å²) >= 11 is 5.17. The number of halogens is 1. The lowest BCUT2D eigenvalue weighted by Gasteiger charge is -2.23. The lowest BCUT2D eigenvalue weighted by molar-refractivity contribution is -0.138. The van der Waals surface area contributed by atoms with Crippen LogP contribution in [0.25, 0.3) is 0 Å². The molecule has 1 aromatic heterocycles. The number of carbonyl (C=O) groups excluding carboxylic acids is 1. The number of nitrogens with one attached hydrogen (secondary N) is 2. The van der Waals surface area contributed by atoms with Crippen molar-refractivity contribution in [3.8, 4) is 0 Å². The van der Waals surface area contributed by atoms with Gasteiger partial charge in [0.1, 0.15) is 11.6 Å². The number of aromatic amines is 1. The van der Waals surface area contributed by atoms with E-state index in [0.717, 1.165) is 11.9 Å². The molecule has 0 aliphatic carbocycles. The smallest absolute Gasteiger partial charge is 0.256 e. The van der Waals surface area contributed by atoms with Crippen LogP contribution in [0.3, 0.4) is 0 Å². The maximum atomic E-state index is 13.3. The van der Waals surface area contributed by atoms with Crippen molar-refractivity contribution in [2.75, 3.05) is 6.54 Å². The molecule has 2 aromatic rings. The first kappa shape index (κ1) is 18.3. The Morgan fingerprint density at radius 1 is 1.54 bits per heavy atom. The molecule has 130 valence electrons. The van der Waals surface area contributed by atoms with E-state index in [1.54, 1.807) is 0 Å². The van der Waals surface area contributed by atoms with E-state index in [1.165, 1.54) is 25.1 Å². The number of rotatable bonds is 6. The molecule has 0 aliphatic rings. The predicted molar refractivity (Wildman–Crippen MR) is 90.5 cm³/mol. The van der Waals surface area contributed by atoms with Crippen molar-refractivity contribution < 1.29 is 14.3 Å². The summed E-state index contributed by atoms with van der Waals surface area (Å²) in [4.78, 5) is 12.3. The zero-order valence-electron chi connectivity index (χ0n) is 13.8. The average Bonchev–Trinajstić information content (AvgIpc) is 2.88. The zero-order valence-corrected chi connectivity index (χ0v) is 14.7. The van der Waals surface area contributed by atoms with E-state index in [0.29, 0.717) is 11.2 Å². The van der Waals surface area contributed by atoms with E-state index in [1.807, 2.05) is 18.4 Å². The van der Waals surface area contributed by atoms with Gasteiger partial charge in [-0.1, -0.05) is 12.1 Å². The summed E-state index contributed by atoms with van der Waals surface area (Å²) in [6.45, 7) is 5.59. The Bertz CT molecular complexity index is 782. The molecule has 1 amide bonds. The largest absolute Gasteiger partial charge is 0.376 e. The van der Waals surface area contributed by atoms with Gasteiger partial charge in [0, 0.05) is 19.0 Å². The number of aromatic nitrogens is 3. The molecule has 8 heteroatoms. The monoisotopic (exact) mass is 352 g/mol.